The fourth-order valence-corrected chi connectivity index (χ4v) is 3.77. The molecule has 0 spiro atoms. The van der Waals surface area contributed by atoms with Crippen molar-refractivity contribution in [2.75, 3.05) is 39.3 Å². The number of benzene rings is 1. The third-order valence-electron chi connectivity index (χ3n) is 5.68. The zero-order valence-electron chi connectivity index (χ0n) is 19.1. The lowest BCUT2D eigenvalue weighted by atomic mass is 9.87. The summed E-state index contributed by atoms with van der Waals surface area (Å²) < 4.78 is 15.9. The predicted molar refractivity (Wildman–Crippen MR) is 117 cm³/mol. The smallest absolute Gasteiger partial charge is 0.227 e. The molecule has 0 radical (unpaired) electrons. The minimum absolute atomic E-state index is 0.0518. The molecule has 1 N–H and O–H groups in total. The van der Waals surface area contributed by atoms with Crippen LogP contribution in [0.1, 0.15) is 45.1 Å². The zero-order valence-corrected chi connectivity index (χ0v) is 19.1. The third-order valence-corrected chi connectivity index (χ3v) is 5.68. The quantitative estimate of drug-likeness (QED) is 0.556. The maximum atomic E-state index is 12.7. The first-order chi connectivity index (χ1) is 14.2. The molecule has 30 heavy (non-hydrogen) atoms. The van der Waals surface area contributed by atoms with E-state index < -0.39 is 0 Å². The molecule has 2 amide bonds. The Bertz CT molecular complexity index is 730. The number of nitrogens with zero attached hydrogens (tertiary/aromatic N) is 1. The van der Waals surface area contributed by atoms with Crippen LogP contribution in [0.5, 0.6) is 5.75 Å². The van der Waals surface area contributed by atoms with Gasteiger partial charge in [0, 0.05) is 33.7 Å². The highest BCUT2D eigenvalue weighted by atomic mass is 16.7. The van der Waals surface area contributed by atoms with E-state index in [1.54, 1.807) is 26.2 Å². The van der Waals surface area contributed by atoms with E-state index in [1.165, 1.54) is 0 Å². The minimum Gasteiger partial charge on any atom is -0.495 e. The summed E-state index contributed by atoms with van der Waals surface area (Å²) in [5, 5.41) is 3.05. The Balaban J connectivity index is 1.89. The molecule has 0 aliphatic carbocycles. The number of hydrogen-bond donors (Lipinski definition) is 1. The molecule has 0 saturated carbocycles. The Kier molecular flexibility index (Phi) is 8.67. The van der Waals surface area contributed by atoms with Gasteiger partial charge in [0.05, 0.1) is 18.7 Å². The van der Waals surface area contributed by atoms with Gasteiger partial charge in [-0.25, -0.2) is 0 Å². The van der Waals surface area contributed by atoms with Crippen LogP contribution in [0.25, 0.3) is 0 Å². The first-order valence-electron chi connectivity index (χ1n) is 10.5. The van der Waals surface area contributed by atoms with E-state index in [1.807, 2.05) is 25.1 Å². The average molecular weight is 421 g/mol. The van der Waals surface area contributed by atoms with Gasteiger partial charge in [0.2, 0.25) is 11.8 Å². The molecule has 1 fully saturated rings. The highest BCUT2D eigenvalue weighted by Gasteiger charge is 2.36. The van der Waals surface area contributed by atoms with Crippen molar-refractivity contribution in [1.29, 1.82) is 0 Å². The molecule has 1 aromatic rings. The summed E-state index contributed by atoms with van der Waals surface area (Å²) >= 11 is 0. The number of carbonyl (C=O) groups is 2. The van der Waals surface area contributed by atoms with Crippen molar-refractivity contribution in [3.05, 3.63) is 23.8 Å². The van der Waals surface area contributed by atoms with Gasteiger partial charge in [-0.15, -0.1) is 0 Å². The molecule has 1 atom stereocenters. The number of amides is 2. The molecule has 168 valence electrons. The van der Waals surface area contributed by atoms with Gasteiger partial charge in [-0.1, -0.05) is 19.9 Å². The van der Waals surface area contributed by atoms with Crippen LogP contribution in [0, 0.1) is 18.3 Å². The Morgan fingerprint density at radius 2 is 1.97 bits per heavy atom. The summed E-state index contributed by atoms with van der Waals surface area (Å²) in [6, 6.07) is 5.72. The van der Waals surface area contributed by atoms with Crippen molar-refractivity contribution >= 4 is 17.5 Å². The second kappa shape index (κ2) is 10.8. The number of hydrogen-bond acceptors (Lipinski definition) is 5. The molecular weight excluding hydrogens is 384 g/mol. The van der Waals surface area contributed by atoms with Gasteiger partial charge in [-0.05, 0) is 49.3 Å². The van der Waals surface area contributed by atoms with Crippen LogP contribution < -0.4 is 15.0 Å². The number of rotatable bonds is 11. The molecule has 1 aromatic carbocycles. The number of nitrogens with one attached hydrogen (secondary N) is 1. The van der Waals surface area contributed by atoms with Gasteiger partial charge < -0.3 is 24.4 Å². The molecule has 7 heteroatoms. The maximum Gasteiger partial charge on any atom is 0.227 e. The molecule has 1 aliphatic heterocycles. The van der Waals surface area contributed by atoms with Crippen LogP contribution in [0.3, 0.4) is 0 Å². The van der Waals surface area contributed by atoms with E-state index in [-0.39, 0.29) is 35.9 Å². The topological polar surface area (TPSA) is 77.1 Å². The van der Waals surface area contributed by atoms with Gasteiger partial charge in [-0.3, -0.25) is 9.59 Å². The number of carbonyl (C=O) groups excluding carboxylic acids is 2. The Hall–Kier alpha value is -2.12. The lowest BCUT2D eigenvalue weighted by Crippen LogP contribution is -2.38. The van der Waals surface area contributed by atoms with Gasteiger partial charge in [0.15, 0.2) is 6.29 Å². The predicted octanol–water partition coefficient (Wildman–Crippen LogP) is 3.29. The van der Waals surface area contributed by atoms with Gasteiger partial charge in [0.25, 0.3) is 0 Å². The fourth-order valence-electron chi connectivity index (χ4n) is 3.77. The van der Waals surface area contributed by atoms with Gasteiger partial charge in [0.1, 0.15) is 5.75 Å². The van der Waals surface area contributed by atoms with Crippen molar-refractivity contribution in [2.45, 2.75) is 52.7 Å². The van der Waals surface area contributed by atoms with Crippen molar-refractivity contribution in [3.63, 3.8) is 0 Å². The molecule has 1 saturated heterocycles. The molecule has 2 rings (SSSR count). The Labute approximate surface area is 180 Å². The van der Waals surface area contributed by atoms with E-state index in [9.17, 15) is 9.59 Å². The van der Waals surface area contributed by atoms with Crippen LogP contribution in [0.15, 0.2) is 18.2 Å². The minimum atomic E-state index is -0.357. The highest BCUT2D eigenvalue weighted by Crippen LogP contribution is 2.34. The van der Waals surface area contributed by atoms with Crippen LogP contribution in [-0.4, -0.2) is 52.5 Å². The monoisotopic (exact) mass is 420 g/mol. The lowest BCUT2D eigenvalue weighted by molar-refractivity contribution is -0.126. The van der Waals surface area contributed by atoms with Crippen molar-refractivity contribution < 1.29 is 23.8 Å². The van der Waals surface area contributed by atoms with Crippen LogP contribution in [0.2, 0.25) is 0 Å². The normalized spacial score (nSPS) is 17.0. The van der Waals surface area contributed by atoms with E-state index in [0.29, 0.717) is 18.8 Å². The second-order valence-corrected chi connectivity index (χ2v) is 8.76. The summed E-state index contributed by atoms with van der Waals surface area (Å²) in [5.41, 5.74) is 1.71. The highest BCUT2D eigenvalue weighted by molar-refractivity contribution is 6.01. The summed E-state index contributed by atoms with van der Waals surface area (Å²) in [4.78, 5) is 27.0. The molecule has 1 aliphatic rings. The van der Waals surface area contributed by atoms with Crippen molar-refractivity contribution in [2.24, 2.45) is 11.3 Å². The molecule has 1 heterocycles. The largest absolute Gasteiger partial charge is 0.495 e. The Morgan fingerprint density at radius 3 is 2.60 bits per heavy atom. The SMILES string of the molecule is COc1ccc(C)cc1N1C[C@H](C(=O)NCC(C)(C)CCCC(OC)OC)CC1=O. The zero-order chi connectivity index (χ0) is 22.3. The van der Waals surface area contributed by atoms with E-state index in [0.717, 1.165) is 30.5 Å². The van der Waals surface area contributed by atoms with E-state index >= 15 is 0 Å². The lowest BCUT2D eigenvalue weighted by Gasteiger charge is -2.26. The third kappa shape index (κ3) is 6.44. The number of methoxy groups -OCH3 is 3. The van der Waals surface area contributed by atoms with Crippen molar-refractivity contribution in [1.82, 2.24) is 5.32 Å². The fraction of sp³-hybridized carbons (Fsp3) is 0.652. The van der Waals surface area contributed by atoms with E-state index in [2.05, 4.69) is 19.2 Å². The first-order valence-corrected chi connectivity index (χ1v) is 10.5. The standard InChI is InChI=1S/C23H36N2O5/c1-16-9-10-19(28-4)18(12-16)25-14-17(13-20(25)26)22(27)24-15-23(2,3)11-7-8-21(29-5)30-6/h9-10,12,17,21H,7-8,11,13-15H2,1-6H3,(H,24,27)/t17-/m1/s1. The van der Waals surface area contributed by atoms with Gasteiger partial charge >= 0.3 is 0 Å². The summed E-state index contributed by atoms with van der Waals surface area (Å²) in [7, 11) is 4.86. The molecule has 0 aromatic heterocycles. The van der Waals surface area contributed by atoms with Crippen LogP contribution >= 0.6 is 0 Å². The number of anilines is 1. The second-order valence-electron chi connectivity index (χ2n) is 8.76. The Morgan fingerprint density at radius 1 is 1.27 bits per heavy atom. The molecule has 0 bridgehead atoms. The van der Waals surface area contributed by atoms with Crippen molar-refractivity contribution in [3.8, 4) is 5.75 Å². The maximum absolute atomic E-state index is 12.7. The first kappa shape index (κ1) is 24.2. The number of aryl methyl sites for hydroxylation is 1. The molecule has 0 unspecified atom stereocenters. The van der Waals surface area contributed by atoms with Crippen LogP contribution in [-0.2, 0) is 19.1 Å². The van der Waals surface area contributed by atoms with E-state index in [4.69, 9.17) is 14.2 Å². The molecule has 7 nitrogen and oxygen atoms in total. The van der Waals surface area contributed by atoms with Gasteiger partial charge in [-0.2, -0.15) is 0 Å². The number of ether oxygens (including phenoxy) is 3. The summed E-state index contributed by atoms with van der Waals surface area (Å²) in [6.45, 7) is 7.16. The summed E-state index contributed by atoms with van der Waals surface area (Å²) in [6.07, 6.45) is 2.72. The van der Waals surface area contributed by atoms with Crippen LogP contribution in [0.4, 0.5) is 5.69 Å². The molecular formula is C23H36N2O5. The average Bonchev–Trinajstić information content (AvgIpc) is 3.11. The summed E-state index contributed by atoms with van der Waals surface area (Å²) in [5.74, 6) is 0.159.